The summed E-state index contributed by atoms with van der Waals surface area (Å²) in [6.45, 7) is 3.01. The lowest BCUT2D eigenvalue weighted by Crippen LogP contribution is -2.50. The van der Waals surface area contributed by atoms with Crippen molar-refractivity contribution in [2.75, 3.05) is 52.5 Å². The summed E-state index contributed by atoms with van der Waals surface area (Å²) in [6, 6.07) is 11.7. The topological polar surface area (TPSA) is 137 Å². The minimum absolute atomic E-state index is 0.0222. The Morgan fingerprint density at radius 3 is 2.43 bits per heavy atom. The summed E-state index contributed by atoms with van der Waals surface area (Å²) in [5, 5.41) is 13.7. The number of carbonyl (C=O) groups excluding carboxylic acids is 4. The number of imide groups is 1. The number of aliphatic hydroxyl groups is 1. The van der Waals surface area contributed by atoms with Gasteiger partial charge in [-0.2, -0.15) is 0 Å². The van der Waals surface area contributed by atoms with Crippen molar-refractivity contribution in [2.24, 2.45) is 11.8 Å². The molecule has 2 saturated heterocycles. The van der Waals surface area contributed by atoms with Gasteiger partial charge in [0.1, 0.15) is 29.7 Å². The molecular formula is C39H45F3N6O6. The summed E-state index contributed by atoms with van der Waals surface area (Å²) in [5.41, 5.74) is 0.980. The number of nitrogens with one attached hydrogen (secondary N) is 1. The molecule has 4 unspecified atom stereocenters. The molecule has 2 N–H and O–H groups in total. The van der Waals surface area contributed by atoms with Crippen molar-refractivity contribution in [3.05, 3.63) is 89.9 Å². The van der Waals surface area contributed by atoms with Gasteiger partial charge >= 0.3 is 0 Å². The van der Waals surface area contributed by atoms with E-state index in [9.17, 15) is 28.7 Å². The standard InChI is InChI=1S/C39H45F3N6O6/c1-25(49)39(53)48(23-28-20-43-21-32(28)42)37(27-11-14-45(15-12-27)34(50)13-17-54-18-16-47-35(51)9-10-36(47)52)38-44-33(30-19-29(40)7-8-31(30)41)24-46(38)22-26-5-3-2-4-6-26/h2-10,19,24-25,27-28,32,37,43,49H,11-18,20-23H2,1H3. The van der Waals surface area contributed by atoms with E-state index in [1.807, 2.05) is 30.3 Å². The number of rotatable bonds is 15. The zero-order chi connectivity index (χ0) is 38.4. The number of imidazole rings is 1. The number of benzene rings is 2. The van der Waals surface area contributed by atoms with Gasteiger partial charge in [0.05, 0.1) is 37.9 Å². The number of amides is 4. The Balaban J connectivity index is 1.26. The van der Waals surface area contributed by atoms with Crippen LogP contribution < -0.4 is 5.32 Å². The zero-order valence-corrected chi connectivity index (χ0v) is 30.1. The van der Waals surface area contributed by atoms with Gasteiger partial charge in [-0.1, -0.05) is 30.3 Å². The van der Waals surface area contributed by atoms with Crippen LogP contribution in [0.15, 0.2) is 66.9 Å². The lowest BCUT2D eigenvalue weighted by atomic mass is 9.86. The Hall–Kier alpha value is -4.86. The van der Waals surface area contributed by atoms with Gasteiger partial charge in [-0.3, -0.25) is 24.1 Å². The fourth-order valence-corrected chi connectivity index (χ4v) is 7.41. The molecule has 4 atom stereocenters. The van der Waals surface area contributed by atoms with Crippen LogP contribution in [-0.4, -0.2) is 118 Å². The van der Waals surface area contributed by atoms with Crippen LogP contribution in [0.5, 0.6) is 0 Å². The molecule has 1 aromatic heterocycles. The molecule has 3 aliphatic rings. The van der Waals surface area contributed by atoms with Crippen LogP contribution in [0.2, 0.25) is 0 Å². The quantitative estimate of drug-likeness (QED) is 0.179. The van der Waals surface area contributed by atoms with Crippen molar-refractivity contribution in [3.8, 4) is 11.3 Å². The number of likely N-dealkylation sites (tertiary alicyclic amines) is 1. The summed E-state index contributed by atoms with van der Waals surface area (Å²) in [5.74, 6) is -3.40. The molecule has 2 fully saturated rings. The first-order valence-electron chi connectivity index (χ1n) is 18.3. The van der Waals surface area contributed by atoms with E-state index >= 15 is 8.78 Å². The molecule has 288 valence electrons. The van der Waals surface area contributed by atoms with Gasteiger partial charge in [-0.05, 0) is 49.4 Å². The molecule has 0 spiro atoms. The van der Waals surface area contributed by atoms with Crippen molar-refractivity contribution in [2.45, 2.75) is 51.0 Å². The predicted molar refractivity (Wildman–Crippen MR) is 191 cm³/mol. The fraction of sp³-hybridized carbons (Fsp3) is 0.462. The third-order valence-corrected chi connectivity index (χ3v) is 10.3. The van der Waals surface area contributed by atoms with Gasteiger partial charge < -0.3 is 29.5 Å². The maximum absolute atomic E-state index is 15.2. The van der Waals surface area contributed by atoms with Crippen molar-refractivity contribution in [1.82, 2.24) is 29.6 Å². The maximum Gasteiger partial charge on any atom is 0.253 e. The van der Waals surface area contributed by atoms with Gasteiger partial charge in [-0.15, -0.1) is 0 Å². The van der Waals surface area contributed by atoms with Crippen LogP contribution in [-0.2, 0) is 30.5 Å². The number of carbonyl (C=O) groups is 4. The highest BCUT2D eigenvalue weighted by Crippen LogP contribution is 2.39. The SMILES string of the molecule is CC(O)C(=O)N(CC1CNCC1F)C(c1nc(-c2cc(F)ccc2F)cn1Cc1ccccc1)C1CCN(C(=O)CCOCCN2C(=O)C=CC2=O)CC1. The number of hydrogen-bond donors (Lipinski definition) is 2. The first-order valence-corrected chi connectivity index (χ1v) is 18.3. The van der Waals surface area contributed by atoms with Gasteiger partial charge in [-0.25, -0.2) is 18.2 Å². The first kappa shape index (κ1) is 38.9. The smallest absolute Gasteiger partial charge is 0.253 e. The number of aromatic nitrogens is 2. The highest BCUT2D eigenvalue weighted by molar-refractivity contribution is 6.12. The number of hydrogen-bond acceptors (Lipinski definition) is 8. The van der Waals surface area contributed by atoms with E-state index in [0.717, 1.165) is 28.7 Å². The molecule has 0 aliphatic carbocycles. The Bertz CT molecular complexity index is 1830. The molecule has 4 heterocycles. The number of nitrogens with zero attached hydrogens (tertiary/aromatic N) is 5. The highest BCUT2D eigenvalue weighted by Gasteiger charge is 2.42. The van der Waals surface area contributed by atoms with Gasteiger partial charge in [0.15, 0.2) is 0 Å². The van der Waals surface area contributed by atoms with E-state index in [4.69, 9.17) is 9.72 Å². The monoisotopic (exact) mass is 750 g/mol. The predicted octanol–water partition coefficient (Wildman–Crippen LogP) is 3.25. The van der Waals surface area contributed by atoms with Crippen molar-refractivity contribution in [3.63, 3.8) is 0 Å². The average Bonchev–Trinajstić information content (AvgIpc) is 3.86. The molecular weight excluding hydrogens is 705 g/mol. The molecule has 15 heteroatoms. The Morgan fingerprint density at radius 2 is 1.76 bits per heavy atom. The van der Waals surface area contributed by atoms with E-state index in [0.29, 0.717) is 38.3 Å². The van der Waals surface area contributed by atoms with Crippen molar-refractivity contribution >= 4 is 23.6 Å². The molecule has 0 saturated carbocycles. The number of alkyl halides is 1. The zero-order valence-electron chi connectivity index (χ0n) is 30.1. The van der Waals surface area contributed by atoms with Crippen LogP contribution in [0.25, 0.3) is 11.3 Å². The van der Waals surface area contributed by atoms with Crippen molar-refractivity contribution < 1.29 is 42.2 Å². The molecule has 0 radical (unpaired) electrons. The second kappa shape index (κ2) is 17.5. The molecule has 0 bridgehead atoms. The largest absolute Gasteiger partial charge is 0.384 e. The van der Waals surface area contributed by atoms with E-state index in [-0.39, 0.29) is 68.9 Å². The Kier molecular flexibility index (Phi) is 12.6. The fourth-order valence-electron chi connectivity index (χ4n) is 7.41. The van der Waals surface area contributed by atoms with Crippen LogP contribution in [0.4, 0.5) is 13.2 Å². The Morgan fingerprint density at radius 1 is 1.04 bits per heavy atom. The second-order valence-electron chi connectivity index (χ2n) is 14.0. The minimum atomic E-state index is -1.42. The molecule has 6 rings (SSSR count). The third kappa shape index (κ3) is 9.08. The highest BCUT2D eigenvalue weighted by atomic mass is 19.1. The van der Waals surface area contributed by atoms with Crippen molar-refractivity contribution in [1.29, 1.82) is 0 Å². The van der Waals surface area contributed by atoms with E-state index in [1.165, 1.54) is 24.0 Å². The first-order chi connectivity index (χ1) is 26.0. The molecule has 3 aliphatic heterocycles. The summed E-state index contributed by atoms with van der Waals surface area (Å²) in [7, 11) is 0. The molecule has 4 amide bonds. The normalized spacial score (nSPS) is 20.2. The summed E-state index contributed by atoms with van der Waals surface area (Å²) < 4.78 is 52.1. The number of aliphatic hydroxyl groups excluding tert-OH is 1. The summed E-state index contributed by atoms with van der Waals surface area (Å²) in [6.07, 6.45) is 2.30. The van der Waals surface area contributed by atoms with Gasteiger partial charge in [0, 0.05) is 69.1 Å². The molecule has 12 nitrogen and oxygen atoms in total. The lowest BCUT2D eigenvalue weighted by Gasteiger charge is -2.42. The molecule has 54 heavy (non-hydrogen) atoms. The minimum Gasteiger partial charge on any atom is -0.384 e. The Labute approximate surface area is 311 Å². The average molecular weight is 751 g/mol. The second-order valence-corrected chi connectivity index (χ2v) is 14.0. The van der Waals surface area contributed by atoms with Crippen LogP contribution >= 0.6 is 0 Å². The summed E-state index contributed by atoms with van der Waals surface area (Å²) >= 11 is 0. The summed E-state index contributed by atoms with van der Waals surface area (Å²) in [4.78, 5) is 59.8. The van der Waals surface area contributed by atoms with Gasteiger partial charge in [0.25, 0.3) is 17.7 Å². The van der Waals surface area contributed by atoms with E-state index in [1.54, 1.807) is 15.7 Å². The molecule has 3 aromatic rings. The lowest BCUT2D eigenvalue weighted by molar-refractivity contribution is -0.146. The number of ether oxygens (including phenoxy) is 1. The van der Waals surface area contributed by atoms with Crippen LogP contribution in [0.1, 0.15) is 43.6 Å². The molecule has 2 aromatic carbocycles. The van der Waals surface area contributed by atoms with E-state index in [2.05, 4.69) is 5.32 Å². The van der Waals surface area contributed by atoms with Crippen LogP contribution in [0.3, 0.4) is 0 Å². The van der Waals surface area contributed by atoms with Crippen LogP contribution in [0, 0.1) is 23.5 Å². The van der Waals surface area contributed by atoms with Gasteiger partial charge in [0.2, 0.25) is 5.91 Å². The van der Waals surface area contributed by atoms with E-state index < -0.39 is 53.6 Å². The number of piperidine rings is 1. The number of halogens is 3. The maximum atomic E-state index is 15.2. The third-order valence-electron chi connectivity index (χ3n) is 10.3.